The van der Waals surface area contributed by atoms with Crippen LogP contribution in [-0.2, 0) is 20.7 Å². The van der Waals surface area contributed by atoms with Crippen molar-refractivity contribution in [2.45, 2.75) is 13.3 Å². The zero-order valence-corrected chi connectivity index (χ0v) is 11.2. The minimum atomic E-state index is -0.802. The Bertz CT molecular complexity index is 525. The van der Waals surface area contributed by atoms with Crippen molar-refractivity contribution in [3.8, 4) is 18.1 Å². The minimum Gasteiger partial charge on any atom is -0.495 e. The lowest BCUT2D eigenvalue weighted by atomic mass is 9.95. The van der Waals surface area contributed by atoms with Crippen LogP contribution in [0.3, 0.4) is 0 Å². The number of carbonyl (C=O) groups is 2. The highest BCUT2D eigenvalue weighted by atomic mass is 16.5. The number of hydrogen-bond acceptors (Lipinski definition) is 4. The van der Waals surface area contributed by atoms with E-state index in [2.05, 4.69) is 10.7 Å². The molecular formula is C15H16O4. The van der Waals surface area contributed by atoms with Gasteiger partial charge in [0.1, 0.15) is 17.5 Å². The van der Waals surface area contributed by atoms with Crippen LogP contribution in [0.25, 0.3) is 0 Å². The molecule has 19 heavy (non-hydrogen) atoms. The standard InChI is InChI=1S/C15H16O4/c1-5-12-8-11(6-7-14(12)18-3)9-13(10(2)16)15(17)19-4/h1,6-8,13H,9H2,2-4H3. The zero-order valence-electron chi connectivity index (χ0n) is 11.2. The molecule has 4 nitrogen and oxygen atoms in total. The number of rotatable bonds is 5. The van der Waals surface area contributed by atoms with E-state index in [1.54, 1.807) is 18.2 Å². The second-order valence-electron chi connectivity index (χ2n) is 4.07. The summed E-state index contributed by atoms with van der Waals surface area (Å²) in [6.07, 6.45) is 5.65. The van der Waals surface area contributed by atoms with E-state index in [1.807, 2.05) is 0 Å². The van der Waals surface area contributed by atoms with Gasteiger partial charge in [0, 0.05) is 0 Å². The summed E-state index contributed by atoms with van der Waals surface area (Å²) in [7, 11) is 2.79. The van der Waals surface area contributed by atoms with Gasteiger partial charge in [-0.2, -0.15) is 0 Å². The first-order valence-corrected chi connectivity index (χ1v) is 5.75. The maximum atomic E-state index is 11.5. The quantitative estimate of drug-likeness (QED) is 0.458. The molecule has 0 aliphatic heterocycles. The lowest BCUT2D eigenvalue weighted by molar-refractivity contribution is -0.148. The number of Topliss-reactive ketones (excluding diaryl/α,β-unsaturated/α-hetero) is 1. The third kappa shape index (κ3) is 3.59. The first kappa shape index (κ1) is 14.8. The predicted molar refractivity (Wildman–Crippen MR) is 70.8 cm³/mol. The fourth-order valence-electron chi connectivity index (χ4n) is 1.77. The fourth-order valence-corrected chi connectivity index (χ4v) is 1.77. The van der Waals surface area contributed by atoms with Crippen molar-refractivity contribution in [2.75, 3.05) is 14.2 Å². The van der Waals surface area contributed by atoms with Gasteiger partial charge in [-0.1, -0.05) is 12.0 Å². The van der Waals surface area contributed by atoms with E-state index in [0.29, 0.717) is 11.3 Å². The Kier molecular flexibility index (Phi) is 5.13. The average Bonchev–Trinajstić information content (AvgIpc) is 2.43. The number of benzene rings is 1. The van der Waals surface area contributed by atoms with E-state index in [9.17, 15) is 9.59 Å². The SMILES string of the molecule is C#Cc1cc(CC(C(C)=O)C(=O)OC)ccc1OC. The molecule has 0 amide bonds. The predicted octanol–water partition coefficient (Wildman–Crippen LogP) is 1.60. The maximum absolute atomic E-state index is 11.5. The normalized spacial score (nSPS) is 11.3. The van der Waals surface area contributed by atoms with Crippen molar-refractivity contribution in [2.24, 2.45) is 5.92 Å². The summed E-state index contributed by atoms with van der Waals surface area (Å²) in [6, 6.07) is 5.23. The molecule has 1 rings (SSSR count). The van der Waals surface area contributed by atoms with Gasteiger partial charge in [0.15, 0.2) is 0 Å². The molecule has 0 spiro atoms. The van der Waals surface area contributed by atoms with Crippen molar-refractivity contribution >= 4 is 11.8 Å². The fraction of sp³-hybridized carbons (Fsp3) is 0.333. The van der Waals surface area contributed by atoms with Crippen LogP contribution in [0, 0.1) is 18.3 Å². The van der Waals surface area contributed by atoms with Gasteiger partial charge in [-0.15, -0.1) is 6.42 Å². The largest absolute Gasteiger partial charge is 0.495 e. The van der Waals surface area contributed by atoms with Crippen LogP contribution in [0.2, 0.25) is 0 Å². The molecule has 0 aromatic heterocycles. The van der Waals surface area contributed by atoms with Crippen LogP contribution in [0.4, 0.5) is 0 Å². The molecule has 1 atom stereocenters. The molecule has 1 aromatic carbocycles. The number of carbonyl (C=O) groups excluding carboxylic acids is 2. The summed E-state index contributed by atoms with van der Waals surface area (Å²) in [6.45, 7) is 1.37. The smallest absolute Gasteiger partial charge is 0.316 e. The highest BCUT2D eigenvalue weighted by Crippen LogP contribution is 2.21. The van der Waals surface area contributed by atoms with Crippen LogP contribution >= 0.6 is 0 Å². The summed E-state index contributed by atoms with van der Waals surface area (Å²) >= 11 is 0. The van der Waals surface area contributed by atoms with Crippen LogP contribution in [0.15, 0.2) is 18.2 Å². The molecule has 0 fully saturated rings. The topological polar surface area (TPSA) is 52.6 Å². The van der Waals surface area contributed by atoms with Gasteiger partial charge in [-0.25, -0.2) is 0 Å². The van der Waals surface area contributed by atoms with E-state index in [0.717, 1.165) is 5.56 Å². The summed E-state index contributed by atoms with van der Waals surface area (Å²) in [5.41, 5.74) is 1.38. The van der Waals surface area contributed by atoms with Crippen molar-refractivity contribution in [1.29, 1.82) is 0 Å². The highest BCUT2D eigenvalue weighted by Gasteiger charge is 2.24. The van der Waals surface area contributed by atoms with E-state index >= 15 is 0 Å². The summed E-state index contributed by atoms with van der Waals surface area (Å²) in [5.74, 6) is 1.52. The number of hydrogen-bond donors (Lipinski definition) is 0. The number of esters is 1. The second-order valence-corrected chi connectivity index (χ2v) is 4.07. The van der Waals surface area contributed by atoms with Crippen molar-refractivity contribution in [3.05, 3.63) is 29.3 Å². The molecule has 0 heterocycles. The van der Waals surface area contributed by atoms with Crippen LogP contribution in [0.5, 0.6) is 5.75 Å². The molecule has 1 unspecified atom stereocenters. The Morgan fingerprint density at radius 3 is 2.53 bits per heavy atom. The van der Waals surface area contributed by atoms with Crippen molar-refractivity contribution in [3.63, 3.8) is 0 Å². The van der Waals surface area contributed by atoms with E-state index < -0.39 is 11.9 Å². The molecule has 4 heteroatoms. The third-order valence-electron chi connectivity index (χ3n) is 2.84. The summed E-state index contributed by atoms with van der Waals surface area (Å²) in [5, 5.41) is 0. The van der Waals surface area contributed by atoms with E-state index in [1.165, 1.54) is 21.1 Å². The molecule has 0 bridgehead atoms. The zero-order chi connectivity index (χ0) is 14.4. The number of ketones is 1. The van der Waals surface area contributed by atoms with Crippen molar-refractivity contribution < 1.29 is 19.1 Å². The lowest BCUT2D eigenvalue weighted by Gasteiger charge is -2.12. The highest BCUT2D eigenvalue weighted by molar-refractivity contribution is 5.97. The molecule has 0 N–H and O–H groups in total. The van der Waals surface area contributed by atoms with E-state index in [4.69, 9.17) is 11.2 Å². The number of ether oxygens (including phenoxy) is 2. The van der Waals surface area contributed by atoms with Gasteiger partial charge in [0.2, 0.25) is 0 Å². The van der Waals surface area contributed by atoms with Gasteiger partial charge in [-0.05, 0) is 31.0 Å². The maximum Gasteiger partial charge on any atom is 0.316 e. The summed E-state index contributed by atoms with van der Waals surface area (Å²) in [4.78, 5) is 23.0. The Balaban J connectivity index is 3.01. The first-order chi connectivity index (χ1) is 9.03. The monoisotopic (exact) mass is 260 g/mol. The van der Waals surface area contributed by atoms with Crippen LogP contribution in [-0.4, -0.2) is 26.0 Å². The van der Waals surface area contributed by atoms with Crippen LogP contribution in [0.1, 0.15) is 18.1 Å². The van der Waals surface area contributed by atoms with Gasteiger partial charge in [0.05, 0.1) is 19.8 Å². The van der Waals surface area contributed by atoms with E-state index in [-0.39, 0.29) is 12.2 Å². The van der Waals surface area contributed by atoms with Gasteiger partial charge in [0.25, 0.3) is 0 Å². The Morgan fingerprint density at radius 1 is 1.37 bits per heavy atom. The lowest BCUT2D eigenvalue weighted by Crippen LogP contribution is -2.25. The Hall–Kier alpha value is -2.28. The molecule has 1 aromatic rings. The molecule has 0 saturated carbocycles. The minimum absolute atomic E-state index is 0.232. The van der Waals surface area contributed by atoms with Gasteiger partial charge < -0.3 is 9.47 Å². The van der Waals surface area contributed by atoms with Gasteiger partial charge in [-0.3, -0.25) is 9.59 Å². The number of methoxy groups -OCH3 is 2. The molecule has 0 aliphatic rings. The molecule has 100 valence electrons. The Morgan fingerprint density at radius 2 is 2.05 bits per heavy atom. The van der Waals surface area contributed by atoms with Gasteiger partial charge >= 0.3 is 5.97 Å². The molecule has 0 radical (unpaired) electrons. The first-order valence-electron chi connectivity index (χ1n) is 5.75. The van der Waals surface area contributed by atoms with Crippen LogP contribution < -0.4 is 4.74 Å². The average molecular weight is 260 g/mol. The van der Waals surface area contributed by atoms with Crippen molar-refractivity contribution in [1.82, 2.24) is 0 Å². The second kappa shape index (κ2) is 6.60. The third-order valence-corrected chi connectivity index (χ3v) is 2.84. The molecular weight excluding hydrogens is 244 g/mol. The Labute approximate surface area is 112 Å². The molecule has 0 saturated heterocycles. The summed E-state index contributed by atoms with van der Waals surface area (Å²) < 4.78 is 9.73. The number of terminal acetylenes is 1. The molecule has 0 aliphatic carbocycles.